The minimum atomic E-state index is -4.75. The van der Waals surface area contributed by atoms with Gasteiger partial charge in [0.25, 0.3) is 0 Å². The van der Waals surface area contributed by atoms with Crippen LogP contribution in [0.15, 0.2) is 24.3 Å². The average molecular weight is 372 g/mol. The van der Waals surface area contributed by atoms with E-state index in [9.17, 15) is 18.0 Å². The Morgan fingerprint density at radius 2 is 2.11 bits per heavy atom. The quantitative estimate of drug-likeness (QED) is 0.732. The van der Waals surface area contributed by atoms with Crippen LogP contribution in [-0.4, -0.2) is 18.1 Å². The minimum absolute atomic E-state index is 0.0455. The van der Waals surface area contributed by atoms with Crippen LogP contribution in [0.2, 0.25) is 0 Å². The Hall–Kier alpha value is -0.790. The predicted octanol–water partition coefficient (Wildman–Crippen LogP) is 3.97. The molecule has 0 saturated carbocycles. The molecule has 1 aromatic rings. The molecule has 1 aromatic carbocycles. The molecule has 0 heterocycles. The number of ketones is 1. The summed E-state index contributed by atoms with van der Waals surface area (Å²) in [5.74, 6) is -1.12. The Morgan fingerprint density at radius 3 is 2.67 bits per heavy atom. The average Bonchev–Trinajstić information content (AvgIpc) is 2.24. The summed E-state index contributed by atoms with van der Waals surface area (Å²) < 4.78 is 42.4. The number of halogens is 4. The van der Waals surface area contributed by atoms with Crippen LogP contribution in [0.3, 0.4) is 0 Å². The fraction of sp³-hybridized carbons (Fsp3) is 0.417. The maximum Gasteiger partial charge on any atom is 0.449 e. The Kier molecular flexibility index (Phi) is 5.43. The van der Waals surface area contributed by atoms with E-state index in [0.717, 1.165) is 3.57 Å². The molecule has 1 rings (SSSR count). The third kappa shape index (κ3) is 5.24. The molecule has 0 N–H and O–H groups in total. The summed E-state index contributed by atoms with van der Waals surface area (Å²) in [7, 11) is 0. The lowest BCUT2D eigenvalue weighted by Gasteiger charge is -2.14. The first-order valence-electron chi connectivity index (χ1n) is 5.31. The van der Waals surface area contributed by atoms with E-state index in [4.69, 9.17) is 4.74 Å². The summed E-state index contributed by atoms with van der Waals surface area (Å²) in [5.41, 5.74) is 0. The van der Waals surface area contributed by atoms with E-state index in [1.807, 2.05) is 6.07 Å². The van der Waals surface area contributed by atoms with Crippen LogP contribution in [-0.2, 0) is 4.79 Å². The second kappa shape index (κ2) is 6.40. The third-order valence-electron chi connectivity index (χ3n) is 2.23. The number of Topliss-reactive ketones (excluding diaryl/α,β-unsaturated/α-hetero) is 1. The van der Waals surface area contributed by atoms with Crippen molar-refractivity contribution in [2.45, 2.75) is 32.0 Å². The summed E-state index contributed by atoms with van der Waals surface area (Å²) in [6.07, 6.45) is -5.69. The van der Waals surface area contributed by atoms with Crippen molar-refractivity contribution in [3.63, 3.8) is 0 Å². The van der Waals surface area contributed by atoms with Gasteiger partial charge in [0.15, 0.2) is 0 Å². The summed E-state index contributed by atoms with van der Waals surface area (Å²) in [6.45, 7) is 1.64. The predicted molar refractivity (Wildman–Crippen MR) is 69.5 cm³/mol. The van der Waals surface area contributed by atoms with Crippen LogP contribution in [0, 0.1) is 3.57 Å². The highest BCUT2D eigenvalue weighted by Crippen LogP contribution is 2.21. The summed E-state index contributed by atoms with van der Waals surface area (Å²) in [6, 6.07) is 7.18. The second-order valence-electron chi connectivity index (χ2n) is 3.85. The van der Waals surface area contributed by atoms with Gasteiger partial charge in [-0.05, 0) is 54.1 Å². The van der Waals surface area contributed by atoms with Gasteiger partial charge in [-0.3, -0.25) is 4.79 Å². The van der Waals surface area contributed by atoms with Crippen molar-refractivity contribution >= 4 is 28.4 Å². The molecule has 6 heteroatoms. The highest BCUT2D eigenvalue weighted by atomic mass is 127. The molecule has 0 unspecified atom stereocenters. The van der Waals surface area contributed by atoms with Crippen molar-refractivity contribution in [2.75, 3.05) is 0 Å². The number of hydrogen-bond donors (Lipinski definition) is 0. The number of carbonyl (C=O) groups excluding carboxylic acids is 1. The van der Waals surface area contributed by atoms with Gasteiger partial charge in [-0.2, -0.15) is 13.2 Å². The summed E-state index contributed by atoms with van der Waals surface area (Å²) in [5, 5.41) is 0. The maximum atomic E-state index is 12.0. The lowest BCUT2D eigenvalue weighted by molar-refractivity contribution is -0.171. The fourth-order valence-electron chi connectivity index (χ4n) is 1.31. The van der Waals surface area contributed by atoms with Crippen LogP contribution < -0.4 is 4.74 Å². The monoisotopic (exact) mass is 372 g/mol. The largest absolute Gasteiger partial charge is 0.491 e. The van der Waals surface area contributed by atoms with Crippen molar-refractivity contribution in [2.24, 2.45) is 0 Å². The van der Waals surface area contributed by atoms with Crippen LogP contribution in [0.25, 0.3) is 0 Å². The fourth-order valence-corrected chi connectivity index (χ4v) is 1.82. The van der Waals surface area contributed by atoms with Crippen LogP contribution in [0.5, 0.6) is 5.75 Å². The molecule has 18 heavy (non-hydrogen) atoms. The molecule has 100 valence electrons. The zero-order valence-corrected chi connectivity index (χ0v) is 11.8. The molecule has 1 atom stereocenters. The topological polar surface area (TPSA) is 26.3 Å². The van der Waals surface area contributed by atoms with Crippen molar-refractivity contribution < 1.29 is 22.7 Å². The van der Waals surface area contributed by atoms with Gasteiger partial charge < -0.3 is 4.74 Å². The SMILES string of the molecule is C[C@@H](CCC(=O)C(F)(F)F)Oc1cccc(I)c1. The van der Waals surface area contributed by atoms with Gasteiger partial charge in [-0.15, -0.1) is 0 Å². The van der Waals surface area contributed by atoms with Gasteiger partial charge in [-0.25, -0.2) is 0 Å². The van der Waals surface area contributed by atoms with Crippen molar-refractivity contribution in [3.05, 3.63) is 27.8 Å². The first-order valence-corrected chi connectivity index (χ1v) is 6.39. The number of carbonyl (C=O) groups is 1. The number of ether oxygens (including phenoxy) is 1. The number of hydrogen-bond acceptors (Lipinski definition) is 2. The molecule has 2 nitrogen and oxygen atoms in total. The molecule has 0 aliphatic heterocycles. The van der Waals surface area contributed by atoms with Gasteiger partial charge in [0.2, 0.25) is 5.78 Å². The lowest BCUT2D eigenvalue weighted by Crippen LogP contribution is -2.24. The second-order valence-corrected chi connectivity index (χ2v) is 5.09. The molecule has 0 saturated heterocycles. The summed E-state index contributed by atoms with van der Waals surface area (Å²) >= 11 is 2.11. The molecule has 0 aliphatic carbocycles. The van der Waals surface area contributed by atoms with Gasteiger partial charge in [0.05, 0.1) is 6.10 Å². The number of rotatable bonds is 5. The van der Waals surface area contributed by atoms with Gasteiger partial charge >= 0.3 is 6.18 Å². The molecule has 0 spiro atoms. The Labute approximate surface area is 117 Å². The standard InChI is InChI=1S/C12H12F3IO2/c1-8(5-6-11(17)12(13,14)15)18-10-4-2-3-9(16)7-10/h2-4,7-8H,5-6H2,1H3/t8-/m0/s1. The first-order chi connectivity index (χ1) is 8.29. The molecular weight excluding hydrogens is 360 g/mol. The van der Waals surface area contributed by atoms with Crippen LogP contribution in [0.4, 0.5) is 13.2 Å². The van der Waals surface area contributed by atoms with E-state index in [2.05, 4.69) is 22.6 Å². The molecule has 0 aliphatic rings. The zero-order valence-electron chi connectivity index (χ0n) is 9.63. The maximum absolute atomic E-state index is 12.0. The Morgan fingerprint density at radius 1 is 1.44 bits per heavy atom. The van der Waals surface area contributed by atoms with E-state index < -0.39 is 24.5 Å². The molecule has 0 aromatic heterocycles. The molecular formula is C12H12F3IO2. The molecule has 0 bridgehead atoms. The van der Waals surface area contributed by atoms with E-state index in [-0.39, 0.29) is 6.42 Å². The number of alkyl halides is 3. The molecule has 0 amide bonds. The molecule has 0 radical (unpaired) electrons. The van der Waals surface area contributed by atoms with Crippen molar-refractivity contribution in [1.82, 2.24) is 0 Å². The third-order valence-corrected chi connectivity index (χ3v) is 2.90. The zero-order chi connectivity index (χ0) is 13.8. The van der Waals surface area contributed by atoms with Crippen LogP contribution >= 0.6 is 22.6 Å². The smallest absolute Gasteiger partial charge is 0.449 e. The van der Waals surface area contributed by atoms with E-state index in [0.29, 0.717) is 5.75 Å². The minimum Gasteiger partial charge on any atom is -0.491 e. The van der Waals surface area contributed by atoms with Crippen molar-refractivity contribution in [3.8, 4) is 5.75 Å². The van der Waals surface area contributed by atoms with E-state index >= 15 is 0 Å². The van der Waals surface area contributed by atoms with Crippen LogP contribution in [0.1, 0.15) is 19.8 Å². The van der Waals surface area contributed by atoms with Gasteiger partial charge in [0, 0.05) is 9.99 Å². The normalized spacial score (nSPS) is 13.2. The highest BCUT2D eigenvalue weighted by Gasteiger charge is 2.37. The van der Waals surface area contributed by atoms with Crippen molar-refractivity contribution in [1.29, 1.82) is 0 Å². The van der Waals surface area contributed by atoms with E-state index in [1.54, 1.807) is 25.1 Å². The first kappa shape index (κ1) is 15.3. The van der Waals surface area contributed by atoms with Gasteiger partial charge in [-0.1, -0.05) is 6.07 Å². The Bertz CT molecular complexity index is 418. The number of benzene rings is 1. The Balaban J connectivity index is 2.43. The lowest BCUT2D eigenvalue weighted by atomic mass is 10.1. The summed E-state index contributed by atoms with van der Waals surface area (Å²) in [4.78, 5) is 10.7. The highest BCUT2D eigenvalue weighted by molar-refractivity contribution is 14.1. The van der Waals surface area contributed by atoms with Gasteiger partial charge in [0.1, 0.15) is 5.75 Å². The molecule has 0 fully saturated rings. The van der Waals surface area contributed by atoms with E-state index in [1.165, 1.54) is 0 Å².